The van der Waals surface area contributed by atoms with Gasteiger partial charge >= 0.3 is 0 Å². The molecule has 0 unspecified atom stereocenters. The van der Waals surface area contributed by atoms with Crippen LogP contribution in [0.15, 0.2) is 52.6 Å². The molecule has 8 nitrogen and oxygen atoms in total. The highest BCUT2D eigenvalue weighted by Crippen LogP contribution is 2.36. The molecule has 1 saturated heterocycles. The Kier molecular flexibility index (Phi) is 5.35. The van der Waals surface area contributed by atoms with Crippen molar-refractivity contribution in [1.29, 1.82) is 5.26 Å². The van der Waals surface area contributed by atoms with E-state index in [1.807, 2.05) is 24.3 Å². The number of aromatic hydroxyl groups is 1. The summed E-state index contributed by atoms with van der Waals surface area (Å²) in [5, 5.41) is 25.2. The molecule has 32 heavy (non-hydrogen) atoms. The number of hydrogen-bond acceptors (Lipinski definition) is 7. The smallest absolute Gasteiger partial charge is 0.199 e. The van der Waals surface area contributed by atoms with E-state index in [0.717, 1.165) is 54.9 Å². The lowest BCUT2D eigenvalue weighted by Crippen LogP contribution is -2.45. The molecular formula is C24H24N6O2. The molecule has 3 heterocycles. The van der Waals surface area contributed by atoms with Gasteiger partial charge in [-0.15, -0.1) is 0 Å². The quantitative estimate of drug-likeness (QED) is 0.481. The number of aromatic amines is 1. The molecule has 0 amide bonds. The lowest BCUT2D eigenvalue weighted by Gasteiger charge is -2.31. The third-order valence-corrected chi connectivity index (χ3v) is 6.01. The summed E-state index contributed by atoms with van der Waals surface area (Å²) in [6.45, 7) is 5.45. The number of para-hydroxylation sites is 1. The maximum atomic E-state index is 10.7. The highest BCUT2D eigenvalue weighted by atomic mass is 16.6. The molecule has 1 fully saturated rings. The second kappa shape index (κ2) is 8.46. The topological polar surface area (TPSA) is 100 Å². The van der Waals surface area contributed by atoms with Gasteiger partial charge in [-0.05, 0) is 31.3 Å². The first kappa shape index (κ1) is 20.2. The van der Waals surface area contributed by atoms with E-state index in [0.29, 0.717) is 29.2 Å². The first-order chi connectivity index (χ1) is 15.6. The first-order valence-corrected chi connectivity index (χ1v) is 10.7. The maximum Gasteiger partial charge on any atom is 0.199 e. The molecule has 162 valence electrons. The van der Waals surface area contributed by atoms with E-state index in [2.05, 4.69) is 33.1 Å². The highest BCUT2D eigenvalue weighted by molar-refractivity contribution is 6.58. The summed E-state index contributed by atoms with van der Waals surface area (Å²) in [6.07, 6.45) is 0. The Balaban J connectivity index is 1.44. The average Bonchev–Trinajstić information content (AvgIpc) is 3.33. The molecule has 3 aromatic rings. The van der Waals surface area contributed by atoms with Crippen molar-refractivity contribution in [2.45, 2.75) is 0 Å². The lowest BCUT2D eigenvalue weighted by molar-refractivity contribution is 0.0864. The van der Waals surface area contributed by atoms with Gasteiger partial charge in [-0.1, -0.05) is 23.4 Å². The summed E-state index contributed by atoms with van der Waals surface area (Å²) < 4.78 is 0. The summed E-state index contributed by atoms with van der Waals surface area (Å²) in [4.78, 5) is 18.1. The van der Waals surface area contributed by atoms with Crippen molar-refractivity contribution in [3.05, 3.63) is 59.2 Å². The second-order valence-corrected chi connectivity index (χ2v) is 8.12. The summed E-state index contributed by atoms with van der Waals surface area (Å²) in [5.74, 6) is -0.00761. The lowest BCUT2D eigenvalue weighted by atomic mass is 10.0. The molecule has 0 aliphatic carbocycles. The zero-order valence-corrected chi connectivity index (χ0v) is 17.9. The number of benzene rings is 2. The van der Waals surface area contributed by atoms with Crippen molar-refractivity contribution in [3.8, 4) is 11.9 Å². The van der Waals surface area contributed by atoms with Crippen LogP contribution in [0.5, 0.6) is 5.88 Å². The van der Waals surface area contributed by atoms with Crippen LogP contribution >= 0.6 is 0 Å². The van der Waals surface area contributed by atoms with Gasteiger partial charge in [0.15, 0.2) is 5.88 Å². The fraction of sp³-hybridized carbons (Fsp3) is 0.292. The van der Waals surface area contributed by atoms with E-state index in [4.69, 9.17) is 9.83 Å². The Morgan fingerprint density at radius 2 is 2.00 bits per heavy atom. The van der Waals surface area contributed by atoms with Gasteiger partial charge in [-0.25, -0.2) is 4.99 Å². The van der Waals surface area contributed by atoms with E-state index in [1.54, 1.807) is 18.2 Å². The number of H-pyrrole nitrogens is 1. The Labute approximate surface area is 186 Å². The second-order valence-electron chi connectivity index (χ2n) is 8.12. The predicted molar refractivity (Wildman–Crippen MR) is 124 cm³/mol. The minimum Gasteiger partial charge on any atom is -0.494 e. The standard InChI is InChI=1S/C24H24N6O2/c1-29-8-10-30(11-9-29)12-13-32-28-22-17-4-2-3-5-19(17)26-23(22)21-18-14-16(15-25)6-7-20(18)27-24(21)31/h2-7,14,27,31H,8-13H2,1H3. The number of hydrogen-bond donors (Lipinski definition) is 2. The third-order valence-electron chi connectivity index (χ3n) is 6.01. The minimum absolute atomic E-state index is 0.00761. The normalized spacial score (nSPS) is 18.0. The summed E-state index contributed by atoms with van der Waals surface area (Å²) in [7, 11) is 2.14. The van der Waals surface area contributed by atoms with Crippen LogP contribution in [0.1, 0.15) is 16.7 Å². The number of nitrogens with one attached hydrogen (secondary N) is 1. The van der Waals surface area contributed by atoms with Crippen molar-refractivity contribution in [1.82, 2.24) is 14.8 Å². The molecule has 0 radical (unpaired) electrons. The van der Waals surface area contributed by atoms with Crippen LogP contribution in [-0.2, 0) is 4.84 Å². The number of oxime groups is 1. The van der Waals surface area contributed by atoms with Crippen LogP contribution in [0.25, 0.3) is 10.9 Å². The Hall–Kier alpha value is -3.67. The van der Waals surface area contributed by atoms with Crippen LogP contribution in [0.4, 0.5) is 5.69 Å². The Morgan fingerprint density at radius 3 is 2.81 bits per heavy atom. The SMILES string of the molecule is CN1CCN(CCON=C2C(c3c(O)[nH]c4ccc(C#N)cc34)=Nc3ccccc32)CC1. The van der Waals surface area contributed by atoms with Crippen molar-refractivity contribution in [3.63, 3.8) is 0 Å². The van der Waals surface area contributed by atoms with Crippen LogP contribution in [0.2, 0.25) is 0 Å². The molecule has 2 aromatic carbocycles. The van der Waals surface area contributed by atoms with Gasteiger partial charge in [-0.3, -0.25) is 4.90 Å². The molecule has 2 N–H and O–H groups in total. The molecule has 0 atom stereocenters. The van der Waals surface area contributed by atoms with Crippen molar-refractivity contribution in [2.24, 2.45) is 10.1 Å². The van der Waals surface area contributed by atoms with E-state index in [1.165, 1.54) is 0 Å². The molecule has 8 heteroatoms. The van der Waals surface area contributed by atoms with E-state index >= 15 is 0 Å². The zero-order valence-electron chi connectivity index (χ0n) is 17.9. The van der Waals surface area contributed by atoms with Crippen molar-refractivity contribution < 1.29 is 9.94 Å². The fourth-order valence-corrected chi connectivity index (χ4v) is 4.18. The van der Waals surface area contributed by atoms with Crippen molar-refractivity contribution >= 4 is 28.0 Å². The van der Waals surface area contributed by atoms with E-state index in [9.17, 15) is 10.4 Å². The molecule has 1 aromatic heterocycles. The highest BCUT2D eigenvalue weighted by Gasteiger charge is 2.29. The summed E-state index contributed by atoms with van der Waals surface area (Å²) >= 11 is 0. The van der Waals surface area contributed by atoms with Gasteiger partial charge < -0.3 is 19.8 Å². The molecule has 2 aliphatic heterocycles. The molecule has 0 bridgehead atoms. The molecular weight excluding hydrogens is 404 g/mol. The maximum absolute atomic E-state index is 10.7. The van der Waals surface area contributed by atoms with Crippen molar-refractivity contribution in [2.75, 3.05) is 46.4 Å². The molecule has 0 saturated carbocycles. The predicted octanol–water partition coefficient (Wildman–Crippen LogP) is 2.85. The number of rotatable bonds is 5. The summed E-state index contributed by atoms with van der Waals surface area (Å²) in [5.41, 5.74) is 4.50. The number of aliphatic imine (C=N–C) groups is 1. The van der Waals surface area contributed by atoms with Gasteiger partial charge in [-0.2, -0.15) is 5.26 Å². The molecule has 2 aliphatic rings. The minimum atomic E-state index is -0.00761. The summed E-state index contributed by atoms with van der Waals surface area (Å²) in [6, 6.07) is 15.1. The average molecular weight is 428 g/mol. The van der Waals surface area contributed by atoms with Gasteiger partial charge in [0.05, 0.1) is 22.9 Å². The fourth-order valence-electron chi connectivity index (χ4n) is 4.18. The number of aromatic nitrogens is 1. The zero-order chi connectivity index (χ0) is 22.1. The largest absolute Gasteiger partial charge is 0.494 e. The van der Waals surface area contributed by atoms with E-state index in [-0.39, 0.29) is 5.88 Å². The molecule has 5 rings (SSSR count). The van der Waals surface area contributed by atoms with Gasteiger partial charge in [0.25, 0.3) is 0 Å². The van der Waals surface area contributed by atoms with Gasteiger partial charge in [0, 0.05) is 49.2 Å². The van der Waals surface area contributed by atoms with Crippen LogP contribution in [0.3, 0.4) is 0 Å². The molecule has 0 spiro atoms. The number of nitrogens with zero attached hydrogens (tertiary/aromatic N) is 5. The number of fused-ring (bicyclic) bond motifs is 2. The third kappa shape index (κ3) is 3.73. The van der Waals surface area contributed by atoms with Gasteiger partial charge in [0.2, 0.25) is 0 Å². The van der Waals surface area contributed by atoms with Crippen LogP contribution in [-0.4, -0.2) is 77.7 Å². The number of likely N-dealkylation sites (N-methyl/N-ethyl adjacent to an activating group) is 1. The monoisotopic (exact) mass is 428 g/mol. The van der Waals surface area contributed by atoms with Crippen LogP contribution < -0.4 is 0 Å². The number of nitriles is 1. The Morgan fingerprint density at radius 1 is 1.19 bits per heavy atom. The first-order valence-electron chi connectivity index (χ1n) is 10.7. The number of piperazine rings is 1. The van der Waals surface area contributed by atoms with Crippen LogP contribution in [0, 0.1) is 11.3 Å². The van der Waals surface area contributed by atoms with Gasteiger partial charge in [0.1, 0.15) is 18.0 Å². The van der Waals surface area contributed by atoms with E-state index < -0.39 is 0 Å². The Bertz CT molecular complexity index is 1260.